The Morgan fingerprint density at radius 3 is 2.47 bits per heavy atom. The van der Waals surface area contributed by atoms with Gasteiger partial charge in [-0.2, -0.15) is 0 Å². The van der Waals surface area contributed by atoms with E-state index >= 15 is 0 Å². The van der Waals surface area contributed by atoms with Crippen LogP contribution in [-0.4, -0.2) is 4.92 Å². The largest absolute Gasteiger partial charge is 0.278 e. The summed E-state index contributed by atoms with van der Waals surface area (Å²) in [6.45, 7) is 4.24. The van der Waals surface area contributed by atoms with Crippen molar-refractivity contribution in [3.05, 3.63) is 51.4 Å². The molecule has 0 radical (unpaired) electrons. The highest BCUT2D eigenvalue weighted by Crippen LogP contribution is 2.36. The summed E-state index contributed by atoms with van der Waals surface area (Å²) in [7, 11) is 0. The van der Waals surface area contributed by atoms with Crippen molar-refractivity contribution in [2.24, 2.45) is 0 Å². The van der Waals surface area contributed by atoms with Crippen LogP contribution in [-0.2, 0) is 0 Å². The summed E-state index contributed by atoms with van der Waals surface area (Å²) in [6, 6.07) is 10.9. The van der Waals surface area contributed by atoms with Gasteiger partial charge in [0.25, 0.3) is 5.69 Å². The van der Waals surface area contributed by atoms with Crippen LogP contribution in [0.4, 0.5) is 5.69 Å². The SMILES string of the molecule is CC(C)c1ccc(-c2ccccc2[N+](=O)[O-])s1. The molecule has 0 aliphatic heterocycles. The molecule has 0 saturated heterocycles. The number of hydrogen-bond acceptors (Lipinski definition) is 3. The molecule has 2 rings (SSSR count). The maximum atomic E-state index is 10.9. The van der Waals surface area contributed by atoms with Gasteiger partial charge in [0, 0.05) is 15.8 Å². The van der Waals surface area contributed by atoms with Crippen LogP contribution >= 0.6 is 11.3 Å². The highest BCUT2D eigenvalue weighted by molar-refractivity contribution is 7.15. The predicted octanol–water partition coefficient (Wildman–Crippen LogP) is 4.45. The first-order valence-electron chi connectivity index (χ1n) is 5.43. The molecule has 2 aromatic rings. The van der Waals surface area contributed by atoms with Gasteiger partial charge < -0.3 is 0 Å². The average molecular weight is 247 g/mol. The summed E-state index contributed by atoms with van der Waals surface area (Å²) in [5.74, 6) is 0.455. The van der Waals surface area contributed by atoms with Gasteiger partial charge in [-0.1, -0.05) is 26.0 Å². The minimum absolute atomic E-state index is 0.171. The molecule has 1 aromatic carbocycles. The van der Waals surface area contributed by atoms with Gasteiger partial charge in [0.05, 0.1) is 10.5 Å². The summed E-state index contributed by atoms with van der Waals surface area (Å²) in [5, 5.41) is 10.9. The van der Waals surface area contributed by atoms with Gasteiger partial charge in [0.15, 0.2) is 0 Å². The van der Waals surface area contributed by atoms with E-state index in [9.17, 15) is 10.1 Å². The Hall–Kier alpha value is -1.68. The number of para-hydroxylation sites is 1. The minimum Gasteiger partial charge on any atom is -0.258 e. The number of nitrogens with zero attached hydrogens (tertiary/aromatic N) is 1. The summed E-state index contributed by atoms with van der Waals surface area (Å²) in [6.07, 6.45) is 0. The Bertz CT molecular complexity index is 546. The third-order valence-electron chi connectivity index (χ3n) is 2.56. The van der Waals surface area contributed by atoms with E-state index in [1.165, 1.54) is 4.88 Å². The number of benzene rings is 1. The molecule has 0 unspecified atom stereocenters. The van der Waals surface area contributed by atoms with Crippen molar-refractivity contribution < 1.29 is 4.92 Å². The first-order valence-corrected chi connectivity index (χ1v) is 6.24. The quantitative estimate of drug-likeness (QED) is 0.594. The predicted molar refractivity (Wildman–Crippen MR) is 70.5 cm³/mol. The van der Waals surface area contributed by atoms with E-state index in [1.807, 2.05) is 18.2 Å². The summed E-state index contributed by atoms with van der Waals surface area (Å²) >= 11 is 1.62. The van der Waals surface area contributed by atoms with Crippen LogP contribution in [0.5, 0.6) is 0 Å². The zero-order valence-electron chi connectivity index (χ0n) is 9.71. The molecule has 0 aliphatic carbocycles. The van der Waals surface area contributed by atoms with E-state index < -0.39 is 0 Å². The summed E-state index contributed by atoms with van der Waals surface area (Å²) in [4.78, 5) is 12.8. The van der Waals surface area contributed by atoms with Crippen LogP contribution in [0.2, 0.25) is 0 Å². The number of rotatable bonds is 3. The lowest BCUT2D eigenvalue weighted by Gasteiger charge is -2.00. The van der Waals surface area contributed by atoms with Crippen molar-refractivity contribution in [1.29, 1.82) is 0 Å². The highest BCUT2D eigenvalue weighted by Gasteiger charge is 2.16. The molecule has 0 fully saturated rings. The van der Waals surface area contributed by atoms with Crippen molar-refractivity contribution >= 4 is 17.0 Å². The monoisotopic (exact) mass is 247 g/mol. The molecule has 1 aromatic heterocycles. The van der Waals surface area contributed by atoms with Crippen molar-refractivity contribution in [2.75, 3.05) is 0 Å². The van der Waals surface area contributed by atoms with Crippen molar-refractivity contribution in [2.45, 2.75) is 19.8 Å². The molecule has 3 nitrogen and oxygen atoms in total. The molecule has 0 spiro atoms. The lowest BCUT2D eigenvalue weighted by molar-refractivity contribution is -0.384. The number of nitro benzene ring substituents is 1. The molecule has 0 aliphatic rings. The van der Waals surface area contributed by atoms with E-state index in [2.05, 4.69) is 13.8 Å². The third-order valence-corrected chi connectivity index (χ3v) is 3.98. The first-order chi connectivity index (χ1) is 8.09. The molecular formula is C13H13NO2S. The number of thiophene rings is 1. The van der Waals surface area contributed by atoms with Crippen LogP contribution in [0.25, 0.3) is 10.4 Å². The molecule has 1 heterocycles. The lowest BCUT2D eigenvalue weighted by Crippen LogP contribution is -1.89. The Kier molecular flexibility index (Phi) is 3.24. The maximum absolute atomic E-state index is 10.9. The maximum Gasteiger partial charge on any atom is 0.278 e. The van der Waals surface area contributed by atoms with E-state index in [0.717, 1.165) is 4.88 Å². The topological polar surface area (TPSA) is 43.1 Å². The minimum atomic E-state index is -0.329. The number of nitro groups is 1. The van der Waals surface area contributed by atoms with E-state index in [4.69, 9.17) is 0 Å². The molecular weight excluding hydrogens is 234 g/mol. The van der Waals surface area contributed by atoms with Crippen LogP contribution in [0.3, 0.4) is 0 Å². The molecule has 0 bridgehead atoms. The van der Waals surface area contributed by atoms with Crippen LogP contribution in [0, 0.1) is 10.1 Å². The average Bonchev–Trinajstić information content (AvgIpc) is 2.78. The Morgan fingerprint density at radius 2 is 1.88 bits per heavy atom. The summed E-state index contributed by atoms with van der Waals surface area (Å²) < 4.78 is 0. The molecule has 4 heteroatoms. The zero-order chi connectivity index (χ0) is 12.4. The lowest BCUT2D eigenvalue weighted by atomic mass is 10.1. The standard InChI is InChI=1S/C13H13NO2S/c1-9(2)12-7-8-13(17-12)10-5-3-4-6-11(10)14(15)16/h3-9H,1-2H3. The van der Waals surface area contributed by atoms with Gasteiger partial charge in [-0.15, -0.1) is 11.3 Å². The van der Waals surface area contributed by atoms with Gasteiger partial charge in [-0.05, 0) is 24.1 Å². The van der Waals surface area contributed by atoms with Crippen LogP contribution in [0.15, 0.2) is 36.4 Å². The van der Waals surface area contributed by atoms with Gasteiger partial charge in [0.1, 0.15) is 0 Å². The zero-order valence-corrected chi connectivity index (χ0v) is 10.5. The van der Waals surface area contributed by atoms with Crippen molar-refractivity contribution in [3.63, 3.8) is 0 Å². The Labute approximate surface area is 104 Å². The van der Waals surface area contributed by atoms with Gasteiger partial charge in [0.2, 0.25) is 0 Å². The van der Waals surface area contributed by atoms with Crippen molar-refractivity contribution in [3.8, 4) is 10.4 Å². The number of hydrogen-bond donors (Lipinski definition) is 0. The van der Waals surface area contributed by atoms with Crippen LogP contribution < -0.4 is 0 Å². The molecule has 0 N–H and O–H groups in total. The molecule has 88 valence electrons. The Morgan fingerprint density at radius 1 is 1.18 bits per heavy atom. The van der Waals surface area contributed by atoms with Gasteiger partial charge in [-0.3, -0.25) is 10.1 Å². The fourth-order valence-corrected chi connectivity index (χ4v) is 2.69. The second kappa shape index (κ2) is 4.67. The molecule has 17 heavy (non-hydrogen) atoms. The first kappa shape index (κ1) is 11.8. The smallest absolute Gasteiger partial charge is 0.258 e. The molecule has 0 atom stereocenters. The molecule has 0 saturated carbocycles. The second-order valence-corrected chi connectivity index (χ2v) is 5.25. The fraction of sp³-hybridized carbons (Fsp3) is 0.231. The van der Waals surface area contributed by atoms with Crippen LogP contribution in [0.1, 0.15) is 24.6 Å². The van der Waals surface area contributed by atoms with Gasteiger partial charge in [-0.25, -0.2) is 0 Å². The second-order valence-electron chi connectivity index (χ2n) is 4.13. The van der Waals surface area contributed by atoms with E-state index in [-0.39, 0.29) is 10.6 Å². The fourth-order valence-electron chi connectivity index (χ4n) is 1.65. The van der Waals surface area contributed by atoms with E-state index in [1.54, 1.807) is 29.5 Å². The normalized spacial score (nSPS) is 10.8. The summed E-state index contributed by atoms with van der Waals surface area (Å²) in [5.41, 5.74) is 0.874. The Balaban J connectivity index is 2.49. The van der Waals surface area contributed by atoms with E-state index in [0.29, 0.717) is 11.5 Å². The molecule has 0 amide bonds. The third kappa shape index (κ3) is 2.36. The van der Waals surface area contributed by atoms with Gasteiger partial charge >= 0.3 is 0 Å². The highest BCUT2D eigenvalue weighted by atomic mass is 32.1. The van der Waals surface area contributed by atoms with Crippen molar-refractivity contribution in [1.82, 2.24) is 0 Å².